The van der Waals surface area contributed by atoms with E-state index in [9.17, 15) is 9.59 Å². The number of esters is 1. The predicted octanol–water partition coefficient (Wildman–Crippen LogP) is 5.69. The molecule has 0 spiro atoms. The van der Waals surface area contributed by atoms with Gasteiger partial charge >= 0.3 is 5.97 Å². The van der Waals surface area contributed by atoms with E-state index in [0.29, 0.717) is 42.3 Å². The maximum Gasteiger partial charge on any atom is 0.358 e. The number of likely N-dealkylation sites (tertiary alicyclic amines) is 1. The van der Waals surface area contributed by atoms with Gasteiger partial charge in [0.25, 0.3) is 0 Å². The second-order valence-electron chi connectivity index (χ2n) is 12.1. The highest BCUT2D eigenvalue weighted by Crippen LogP contribution is 2.39. The highest BCUT2D eigenvalue weighted by Gasteiger charge is 2.36. The molecule has 0 aliphatic carbocycles. The zero-order valence-electron chi connectivity index (χ0n) is 26.3. The Balaban J connectivity index is 1.41. The van der Waals surface area contributed by atoms with Crippen molar-refractivity contribution < 1.29 is 19.1 Å². The van der Waals surface area contributed by atoms with Crippen LogP contribution < -0.4 is 9.70 Å². The zero-order chi connectivity index (χ0) is 31.6. The average Bonchev–Trinajstić information content (AvgIpc) is 3.52. The molecule has 234 valence electrons. The molecule has 1 fully saturated rings. The van der Waals surface area contributed by atoms with Crippen molar-refractivity contribution in [3.63, 3.8) is 0 Å². The van der Waals surface area contributed by atoms with Crippen LogP contribution in [-0.4, -0.2) is 77.9 Å². The predicted molar refractivity (Wildman–Crippen MR) is 177 cm³/mol. The van der Waals surface area contributed by atoms with E-state index in [4.69, 9.17) is 14.5 Å². The van der Waals surface area contributed by atoms with E-state index in [0.717, 1.165) is 38.1 Å². The van der Waals surface area contributed by atoms with Crippen molar-refractivity contribution in [2.24, 2.45) is 4.99 Å². The number of benzene rings is 1. The quantitative estimate of drug-likeness (QED) is 0.115. The topological polar surface area (TPSA) is 115 Å². The van der Waals surface area contributed by atoms with Gasteiger partial charge in [-0.05, 0) is 43.7 Å². The van der Waals surface area contributed by atoms with Gasteiger partial charge in [0.15, 0.2) is 27.3 Å². The van der Waals surface area contributed by atoms with E-state index < -0.39 is 14.0 Å². The average molecular weight is 654 g/mol. The molecular weight excluding hydrogens is 615 g/mol. The lowest BCUT2D eigenvalue weighted by atomic mass is 9.97. The van der Waals surface area contributed by atoms with Crippen LogP contribution in [0.15, 0.2) is 35.3 Å². The van der Waals surface area contributed by atoms with Gasteiger partial charge in [0.05, 0.1) is 16.8 Å². The molecule has 1 saturated heterocycles. The van der Waals surface area contributed by atoms with Gasteiger partial charge < -0.3 is 19.3 Å². The first-order valence-electron chi connectivity index (χ1n) is 14.7. The Kier molecular flexibility index (Phi) is 9.63. The van der Waals surface area contributed by atoms with Crippen molar-refractivity contribution in [2.45, 2.75) is 59.1 Å². The zero-order valence-corrected chi connectivity index (χ0v) is 28.9. The normalized spacial score (nSPS) is 14.2. The number of carbonyl (C=O) groups is 2. The summed E-state index contributed by atoms with van der Waals surface area (Å²) in [5.41, 5.74) is 2.22. The summed E-state index contributed by atoms with van der Waals surface area (Å²) in [6, 6.07) is 11.2. The second kappa shape index (κ2) is 13.3. The highest BCUT2D eigenvalue weighted by atomic mass is 32.1. The van der Waals surface area contributed by atoms with Crippen LogP contribution in [0, 0.1) is 6.92 Å². The molecule has 1 aliphatic heterocycles. The SMILES string of the molecule is CCOC(=O)c1nc(N(C)c2cc(C)c(/N=c3\sc4ccccc4n3COCC[Si](C)(C)C)nn2)sc1C1CN(C(C)=O)C1. The minimum absolute atomic E-state index is 0.0211. The first kappa shape index (κ1) is 31.9. The van der Waals surface area contributed by atoms with Crippen molar-refractivity contribution in [3.05, 3.63) is 51.3 Å². The molecule has 5 rings (SSSR count). The van der Waals surface area contributed by atoms with E-state index in [1.54, 1.807) is 30.1 Å². The first-order chi connectivity index (χ1) is 20.9. The molecular formula is C30H39N7O4S2Si. The smallest absolute Gasteiger partial charge is 0.358 e. The van der Waals surface area contributed by atoms with Gasteiger partial charge in [-0.3, -0.25) is 9.36 Å². The number of nitrogens with zero attached hydrogens (tertiary/aromatic N) is 7. The molecule has 1 aliphatic rings. The number of aryl methyl sites for hydroxylation is 1. The molecule has 0 saturated carbocycles. The van der Waals surface area contributed by atoms with Crippen LogP contribution in [0.3, 0.4) is 0 Å². The van der Waals surface area contributed by atoms with Gasteiger partial charge in [0, 0.05) is 52.5 Å². The van der Waals surface area contributed by atoms with E-state index in [1.165, 1.54) is 11.3 Å². The molecule has 4 heterocycles. The van der Waals surface area contributed by atoms with Crippen LogP contribution in [0.4, 0.5) is 16.8 Å². The van der Waals surface area contributed by atoms with Crippen molar-refractivity contribution in [3.8, 4) is 0 Å². The molecule has 1 aromatic carbocycles. The van der Waals surface area contributed by atoms with Crippen LogP contribution in [-0.2, 0) is 21.0 Å². The highest BCUT2D eigenvalue weighted by molar-refractivity contribution is 7.16. The Bertz CT molecular complexity index is 1740. The van der Waals surface area contributed by atoms with Gasteiger partial charge in [-0.1, -0.05) is 43.1 Å². The number of thiazole rings is 2. The van der Waals surface area contributed by atoms with E-state index in [2.05, 4.69) is 51.5 Å². The lowest BCUT2D eigenvalue weighted by Crippen LogP contribution is -2.47. The summed E-state index contributed by atoms with van der Waals surface area (Å²) < 4.78 is 14.6. The lowest BCUT2D eigenvalue weighted by Gasteiger charge is -2.38. The molecule has 11 nitrogen and oxygen atoms in total. The number of ether oxygens (including phenoxy) is 2. The van der Waals surface area contributed by atoms with Gasteiger partial charge in [-0.15, -0.1) is 21.5 Å². The molecule has 1 amide bonds. The largest absolute Gasteiger partial charge is 0.461 e. The molecule has 0 atom stereocenters. The maximum atomic E-state index is 12.8. The fourth-order valence-electron chi connectivity index (χ4n) is 4.68. The molecule has 0 radical (unpaired) electrons. The number of hydrogen-bond donors (Lipinski definition) is 0. The van der Waals surface area contributed by atoms with Gasteiger partial charge in [-0.25, -0.2) is 9.78 Å². The van der Waals surface area contributed by atoms with Crippen LogP contribution in [0.5, 0.6) is 0 Å². The van der Waals surface area contributed by atoms with Gasteiger partial charge in [0.2, 0.25) is 5.91 Å². The van der Waals surface area contributed by atoms with Crippen LogP contribution >= 0.6 is 22.7 Å². The first-order valence-corrected chi connectivity index (χ1v) is 20.0. The Morgan fingerprint density at radius 3 is 2.59 bits per heavy atom. The van der Waals surface area contributed by atoms with Crippen LogP contribution in [0.2, 0.25) is 25.7 Å². The number of carbonyl (C=O) groups excluding carboxylic acids is 2. The fourth-order valence-corrected chi connectivity index (χ4v) is 7.56. The minimum Gasteiger partial charge on any atom is -0.461 e. The molecule has 0 unspecified atom stereocenters. The third-order valence-corrected chi connectivity index (χ3v) is 11.4. The molecule has 0 N–H and O–H groups in total. The van der Waals surface area contributed by atoms with Crippen LogP contribution in [0.25, 0.3) is 10.2 Å². The molecule has 4 aromatic rings. The Morgan fingerprint density at radius 1 is 1.16 bits per heavy atom. The summed E-state index contributed by atoms with van der Waals surface area (Å²) in [6.45, 7) is 14.8. The summed E-state index contributed by atoms with van der Waals surface area (Å²) >= 11 is 3.01. The fraction of sp³-hybridized carbons (Fsp3) is 0.467. The maximum absolute atomic E-state index is 12.8. The van der Waals surface area contributed by atoms with Crippen molar-refractivity contribution >= 4 is 69.6 Å². The number of hydrogen-bond acceptors (Lipinski definition) is 11. The lowest BCUT2D eigenvalue weighted by molar-refractivity contribution is -0.133. The third kappa shape index (κ3) is 7.09. The van der Waals surface area contributed by atoms with E-state index in [-0.39, 0.29) is 18.4 Å². The second-order valence-corrected chi connectivity index (χ2v) is 19.7. The van der Waals surface area contributed by atoms with E-state index in [1.807, 2.05) is 37.1 Å². The number of anilines is 2. The molecule has 0 bridgehead atoms. The molecule has 44 heavy (non-hydrogen) atoms. The molecule has 14 heteroatoms. The summed E-state index contributed by atoms with van der Waals surface area (Å²) in [6.07, 6.45) is 0. The summed E-state index contributed by atoms with van der Waals surface area (Å²) in [5, 5.41) is 9.57. The van der Waals surface area contributed by atoms with Crippen molar-refractivity contribution in [2.75, 3.05) is 38.3 Å². The van der Waals surface area contributed by atoms with Crippen molar-refractivity contribution in [1.82, 2.24) is 24.6 Å². The van der Waals surface area contributed by atoms with E-state index >= 15 is 0 Å². The number of aromatic nitrogens is 4. The number of fused-ring (bicyclic) bond motifs is 1. The third-order valence-electron chi connectivity index (χ3n) is 7.39. The number of rotatable bonds is 11. The minimum atomic E-state index is -1.20. The number of amides is 1. The van der Waals surface area contributed by atoms with Gasteiger partial charge in [0.1, 0.15) is 6.73 Å². The Labute approximate surface area is 266 Å². The van der Waals surface area contributed by atoms with Gasteiger partial charge in [-0.2, -0.15) is 4.99 Å². The number of para-hydroxylation sites is 1. The molecule has 3 aromatic heterocycles. The summed E-state index contributed by atoms with van der Waals surface area (Å²) in [5.74, 6) is 0.704. The Morgan fingerprint density at radius 2 is 1.91 bits per heavy atom. The van der Waals surface area contributed by atoms with Crippen molar-refractivity contribution in [1.29, 1.82) is 0 Å². The standard InChI is InChI=1S/C30H39N7O4S2Si/c1-8-41-28(39)25-26(21-16-36(17-21)20(3)38)43-29(31-25)35(4)24-15-19(2)27(34-33-24)32-30-37(18-40-13-14-44(5,6)7)22-11-9-10-12-23(22)42-30/h9-12,15,21H,8,13-14,16-18H2,1-7H3/b32-30-. The summed E-state index contributed by atoms with van der Waals surface area (Å²) in [7, 11) is 0.650. The summed E-state index contributed by atoms with van der Waals surface area (Å²) in [4.78, 5) is 39.2. The Hall–Kier alpha value is -3.46. The van der Waals surface area contributed by atoms with Crippen LogP contribution in [0.1, 0.15) is 40.7 Å². The monoisotopic (exact) mass is 653 g/mol.